The number of imide groups is 1. The number of carbonyl (C=O) groups is 3. The lowest BCUT2D eigenvalue weighted by Crippen LogP contribution is -2.44. The molecule has 0 aliphatic carbocycles. The summed E-state index contributed by atoms with van der Waals surface area (Å²) in [6, 6.07) is 11.9. The molecule has 0 spiro atoms. The maximum atomic E-state index is 13.2. The van der Waals surface area contributed by atoms with Crippen molar-refractivity contribution >= 4 is 39.4 Å². The van der Waals surface area contributed by atoms with E-state index >= 15 is 0 Å². The first-order chi connectivity index (χ1) is 15.8. The SMILES string of the molecule is C[C@@H](c1nc2ccccc2s1)N(C)C(=O)CN1C(=O)N[C@](C)(c2ccc3c(c2)OCO3)C1=O. The van der Waals surface area contributed by atoms with Crippen LogP contribution in [0.1, 0.15) is 30.5 Å². The van der Waals surface area contributed by atoms with Gasteiger partial charge in [-0.25, -0.2) is 9.78 Å². The zero-order valence-electron chi connectivity index (χ0n) is 18.3. The summed E-state index contributed by atoms with van der Waals surface area (Å²) >= 11 is 1.51. The van der Waals surface area contributed by atoms with Crippen molar-refractivity contribution < 1.29 is 23.9 Å². The van der Waals surface area contributed by atoms with Crippen LogP contribution in [-0.4, -0.2) is 53.0 Å². The van der Waals surface area contributed by atoms with E-state index in [9.17, 15) is 14.4 Å². The van der Waals surface area contributed by atoms with E-state index < -0.39 is 17.5 Å². The van der Waals surface area contributed by atoms with E-state index in [2.05, 4.69) is 10.3 Å². The third-order valence-corrected chi connectivity index (χ3v) is 7.37. The molecule has 4 amide bonds. The molecular formula is C23H22N4O5S. The van der Waals surface area contributed by atoms with Gasteiger partial charge >= 0.3 is 6.03 Å². The van der Waals surface area contributed by atoms with Crippen molar-refractivity contribution in [2.45, 2.75) is 25.4 Å². The van der Waals surface area contributed by atoms with Crippen LogP contribution in [0.4, 0.5) is 4.79 Å². The third kappa shape index (κ3) is 3.46. The summed E-state index contributed by atoms with van der Waals surface area (Å²) in [5, 5.41) is 3.51. The van der Waals surface area contributed by atoms with Gasteiger partial charge in [0.25, 0.3) is 5.91 Å². The number of benzene rings is 2. The minimum atomic E-state index is -1.31. The second-order valence-corrected chi connectivity index (χ2v) is 9.28. The lowest BCUT2D eigenvalue weighted by molar-refractivity contribution is -0.139. The molecule has 0 bridgehead atoms. The Balaban J connectivity index is 1.32. The van der Waals surface area contributed by atoms with Gasteiger partial charge in [-0.1, -0.05) is 18.2 Å². The molecule has 10 heteroatoms. The highest BCUT2D eigenvalue weighted by molar-refractivity contribution is 7.18. The van der Waals surface area contributed by atoms with E-state index in [1.807, 2.05) is 31.2 Å². The summed E-state index contributed by atoms with van der Waals surface area (Å²) in [5.41, 5.74) is 0.116. The van der Waals surface area contributed by atoms with Crippen LogP contribution in [0.2, 0.25) is 0 Å². The number of hydrogen-bond acceptors (Lipinski definition) is 7. The number of ether oxygens (including phenoxy) is 2. The smallest absolute Gasteiger partial charge is 0.325 e. The van der Waals surface area contributed by atoms with Crippen LogP contribution in [0.15, 0.2) is 42.5 Å². The summed E-state index contributed by atoms with van der Waals surface area (Å²) in [5.74, 6) is 0.229. The number of rotatable bonds is 5. The van der Waals surface area contributed by atoms with Gasteiger partial charge in [0.05, 0.1) is 16.3 Å². The number of carbonyl (C=O) groups excluding carboxylic acids is 3. The molecule has 2 aliphatic heterocycles. The first-order valence-corrected chi connectivity index (χ1v) is 11.2. The summed E-state index contributed by atoms with van der Waals surface area (Å²) in [6.07, 6.45) is 0. The van der Waals surface area contributed by atoms with Crippen molar-refractivity contribution in [3.63, 3.8) is 0 Å². The molecule has 2 atom stereocenters. The van der Waals surface area contributed by atoms with E-state index in [1.165, 1.54) is 16.2 Å². The lowest BCUT2D eigenvalue weighted by Gasteiger charge is -2.26. The summed E-state index contributed by atoms with van der Waals surface area (Å²) in [6.45, 7) is 3.23. The quantitative estimate of drug-likeness (QED) is 0.580. The highest BCUT2D eigenvalue weighted by atomic mass is 32.1. The van der Waals surface area contributed by atoms with E-state index in [-0.39, 0.29) is 25.3 Å². The van der Waals surface area contributed by atoms with Gasteiger partial charge in [-0.3, -0.25) is 14.5 Å². The van der Waals surface area contributed by atoms with Crippen molar-refractivity contribution in [1.82, 2.24) is 20.1 Å². The fraction of sp³-hybridized carbons (Fsp3) is 0.304. The minimum Gasteiger partial charge on any atom is -0.454 e. The molecule has 3 heterocycles. The number of para-hydroxylation sites is 1. The third-order valence-electron chi connectivity index (χ3n) is 6.16. The van der Waals surface area contributed by atoms with Gasteiger partial charge in [-0.2, -0.15) is 0 Å². The molecular weight excluding hydrogens is 444 g/mol. The van der Waals surface area contributed by atoms with Crippen molar-refractivity contribution in [3.05, 3.63) is 53.0 Å². The van der Waals surface area contributed by atoms with E-state index in [1.54, 1.807) is 32.2 Å². The molecule has 0 unspecified atom stereocenters. The normalized spacial score (nSPS) is 20.3. The van der Waals surface area contributed by atoms with Crippen molar-refractivity contribution in [1.29, 1.82) is 0 Å². The van der Waals surface area contributed by atoms with E-state index in [0.29, 0.717) is 17.1 Å². The van der Waals surface area contributed by atoms with Crippen molar-refractivity contribution in [2.24, 2.45) is 0 Å². The molecule has 1 saturated heterocycles. The number of hydrogen-bond donors (Lipinski definition) is 1. The van der Waals surface area contributed by atoms with Crippen LogP contribution < -0.4 is 14.8 Å². The Bertz CT molecular complexity index is 1260. The number of nitrogens with zero attached hydrogens (tertiary/aromatic N) is 3. The Labute approximate surface area is 193 Å². The van der Waals surface area contributed by atoms with Crippen LogP contribution in [0, 0.1) is 0 Å². The van der Waals surface area contributed by atoms with Gasteiger partial charge in [0.1, 0.15) is 17.1 Å². The van der Waals surface area contributed by atoms with Crippen molar-refractivity contribution in [3.8, 4) is 11.5 Å². The summed E-state index contributed by atoms with van der Waals surface area (Å²) < 4.78 is 11.7. The molecule has 1 aromatic heterocycles. The zero-order valence-corrected chi connectivity index (χ0v) is 19.1. The first-order valence-electron chi connectivity index (χ1n) is 10.4. The average molecular weight is 467 g/mol. The van der Waals surface area contributed by atoms with Crippen LogP contribution in [0.25, 0.3) is 10.2 Å². The predicted molar refractivity (Wildman–Crippen MR) is 121 cm³/mol. The molecule has 1 fully saturated rings. The van der Waals surface area contributed by atoms with Crippen LogP contribution >= 0.6 is 11.3 Å². The van der Waals surface area contributed by atoms with Gasteiger partial charge in [-0.05, 0) is 43.7 Å². The Morgan fingerprint density at radius 3 is 2.79 bits per heavy atom. The molecule has 9 nitrogen and oxygen atoms in total. The summed E-state index contributed by atoms with van der Waals surface area (Å²) in [4.78, 5) is 46.0. The Kier molecular flexibility index (Phi) is 4.97. The number of likely N-dealkylation sites (N-methyl/N-ethyl adjacent to an activating group) is 1. The predicted octanol–water partition coefficient (Wildman–Crippen LogP) is 3.01. The highest BCUT2D eigenvalue weighted by Crippen LogP contribution is 2.38. The minimum absolute atomic E-state index is 0.107. The molecule has 1 N–H and O–H groups in total. The molecule has 170 valence electrons. The monoisotopic (exact) mass is 466 g/mol. The van der Waals surface area contributed by atoms with Gasteiger partial charge in [-0.15, -0.1) is 11.3 Å². The molecule has 2 aromatic carbocycles. The Morgan fingerprint density at radius 1 is 1.24 bits per heavy atom. The standard InChI is InChI=1S/C23H22N4O5S/c1-13(20-24-15-6-4-5-7-18(15)33-20)26(3)19(28)11-27-21(29)23(2,25-22(27)30)14-8-9-16-17(10-14)32-12-31-16/h4-10,13H,11-12H2,1-3H3,(H,25,30)/t13-,23+/m0/s1. The van der Waals surface area contributed by atoms with Crippen molar-refractivity contribution in [2.75, 3.05) is 20.4 Å². The van der Waals surface area contributed by atoms with E-state index in [4.69, 9.17) is 9.47 Å². The summed E-state index contributed by atoms with van der Waals surface area (Å²) in [7, 11) is 1.65. The second kappa shape index (κ2) is 7.73. The Hall–Kier alpha value is -3.66. The fourth-order valence-electron chi connectivity index (χ4n) is 3.94. The number of amides is 4. The first kappa shape index (κ1) is 21.2. The molecule has 5 rings (SSSR count). The Morgan fingerprint density at radius 2 is 2.00 bits per heavy atom. The molecule has 2 aliphatic rings. The van der Waals surface area contributed by atoms with Gasteiger partial charge in [0, 0.05) is 7.05 Å². The highest BCUT2D eigenvalue weighted by Gasteiger charge is 2.50. The molecule has 0 saturated carbocycles. The topological polar surface area (TPSA) is 101 Å². The van der Waals surface area contributed by atoms with Gasteiger partial charge in [0.2, 0.25) is 12.7 Å². The van der Waals surface area contributed by atoms with E-state index in [0.717, 1.165) is 20.1 Å². The second-order valence-electron chi connectivity index (χ2n) is 8.21. The zero-order chi connectivity index (χ0) is 23.3. The number of aromatic nitrogens is 1. The molecule has 0 radical (unpaired) electrons. The average Bonchev–Trinajstić information content (AvgIpc) is 3.51. The number of fused-ring (bicyclic) bond motifs is 2. The maximum Gasteiger partial charge on any atom is 0.325 e. The molecule has 33 heavy (non-hydrogen) atoms. The number of urea groups is 1. The van der Waals surface area contributed by atoms with Gasteiger partial charge < -0.3 is 19.7 Å². The lowest BCUT2D eigenvalue weighted by atomic mass is 9.91. The number of thiazole rings is 1. The van der Waals surface area contributed by atoms with Crippen LogP contribution in [-0.2, 0) is 15.1 Å². The number of nitrogens with one attached hydrogen (secondary N) is 1. The maximum absolute atomic E-state index is 13.2. The van der Waals surface area contributed by atoms with Crippen LogP contribution in [0.3, 0.4) is 0 Å². The van der Waals surface area contributed by atoms with Gasteiger partial charge in [0.15, 0.2) is 11.5 Å². The molecule has 3 aromatic rings. The largest absolute Gasteiger partial charge is 0.454 e. The fourth-order valence-corrected chi connectivity index (χ4v) is 5.00. The van der Waals surface area contributed by atoms with Crippen LogP contribution in [0.5, 0.6) is 11.5 Å².